The molecule has 1 aromatic rings. The van der Waals surface area contributed by atoms with Crippen LogP contribution in [0.25, 0.3) is 0 Å². The van der Waals surface area contributed by atoms with Gasteiger partial charge < -0.3 is 14.6 Å². The molecule has 0 spiro atoms. The van der Waals surface area contributed by atoms with Crippen LogP contribution < -0.4 is 5.32 Å². The Morgan fingerprint density at radius 1 is 1.45 bits per heavy atom. The first-order valence-corrected chi connectivity index (χ1v) is 7.08. The number of carbonyl (C=O) groups is 1. The van der Waals surface area contributed by atoms with Crippen LogP contribution in [0.1, 0.15) is 38.0 Å². The van der Waals surface area contributed by atoms with Gasteiger partial charge in [0.1, 0.15) is 0 Å². The lowest BCUT2D eigenvalue weighted by Crippen LogP contribution is -2.62. The highest BCUT2D eigenvalue weighted by atomic mass is 16.4. The van der Waals surface area contributed by atoms with E-state index in [-0.39, 0.29) is 17.5 Å². The van der Waals surface area contributed by atoms with E-state index in [1.165, 1.54) is 0 Å². The molecule has 20 heavy (non-hydrogen) atoms. The standard InChI is InChI=1S/C14H20N4O2/c1-10-16-17-12(20-10)14(2)8-18(9-14)13(19)15-11-6-4-3-5-7-11/h3-4,11H,5-9H2,1-2H3,(H,15,19). The Morgan fingerprint density at radius 3 is 2.85 bits per heavy atom. The van der Waals surface area contributed by atoms with Gasteiger partial charge in [0, 0.05) is 26.1 Å². The Labute approximate surface area is 118 Å². The molecule has 0 bridgehead atoms. The number of carbonyl (C=O) groups excluding carboxylic acids is 1. The van der Waals surface area contributed by atoms with E-state index in [1.807, 2.05) is 6.92 Å². The summed E-state index contributed by atoms with van der Waals surface area (Å²) in [7, 11) is 0. The number of nitrogens with zero attached hydrogens (tertiary/aromatic N) is 3. The van der Waals surface area contributed by atoms with E-state index < -0.39 is 0 Å². The van der Waals surface area contributed by atoms with Crippen LogP contribution in [0.15, 0.2) is 16.6 Å². The Kier molecular flexibility index (Phi) is 3.23. The molecule has 1 atom stereocenters. The first-order valence-electron chi connectivity index (χ1n) is 7.08. The summed E-state index contributed by atoms with van der Waals surface area (Å²) in [6.07, 6.45) is 7.30. The van der Waals surface area contributed by atoms with E-state index in [2.05, 4.69) is 27.7 Å². The molecular weight excluding hydrogens is 256 g/mol. The molecule has 6 nitrogen and oxygen atoms in total. The van der Waals surface area contributed by atoms with Crippen LogP contribution in [0.5, 0.6) is 0 Å². The smallest absolute Gasteiger partial charge is 0.317 e. The lowest BCUT2D eigenvalue weighted by atomic mass is 9.82. The molecule has 1 aromatic heterocycles. The van der Waals surface area contributed by atoms with Crippen molar-refractivity contribution < 1.29 is 9.21 Å². The van der Waals surface area contributed by atoms with E-state index in [0.29, 0.717) is 24.9 Å². The summed E-state index contributed by atoms with van der Waals surface area (Å²) in [6, 6.07) is 0.281. The van der Waals surface area contributed by atoms with Crippen LogP contribution in [-0.2, 0) is 5.41 Å². The van der Waals surface area contributed by atoms with Crippen LogP contribution in [0.3, 0.4) is 0 Å². The summed E-state index contributed by atoms with van der Waals surface area (Å²) in [6.45, 7) is 5.08. The molecule has 0 radical (unpaired) electrons. The van der Waals surface area contributed by atoms with Crippen LogP contribution in [0, 0.1) is 6.92 Å². The van der Waals surface area contributed by atoms with Gasteiger partial charge in [0.15, 0.2) is 0 Å². The number of nitrogens with one attached hydrogen (secondary N) is 1. The van der Waals surface area contributed by atoms with Gasteiger partial charge in [-0.3, -0.25) is 0 Å². The zero-order chi connectivity index (χ0) is 14.2. The molecule has 1 fully saturated rings. The van der Waals surface area contributed by atoms with E-state index in [9.17, 15) is 4.79 Å². The number of rotatable bonds is 2. The van der Waals surface area contributed by atoms with Crippen LogP contribution in [0.4, 0.5) is 4.79 Å². The third kappa shape index (κ3) is 2.42. The summed E-state index contributed by atoms with van der Waals surface area (Å²) in [5.74, 6) is 1.19. The Morgan fingerprint density at radius 2 is 2.25 bits per heavy atom. The zero-order valence-electron chi connectivity index (χ0n) is 11.9. The normalized spacial score (nSPS) is 24.3. The van der Waals surface area contributed by atoms with Crippen molar-refractivity contribution in [2.75, 3.05) is 13.1 Å². The molecule has 2 aliphatic rings. The van der Waals surface area contributed by atoms with Crippen molar-refractivity contribution in [2.45, 2.75) is 44.6 Å². The molecule has 6 heteroatoms. The predicted octanol–water partition coefficient (Wildman–Crippen LogP) is 1.77. The highest BCUT2D eigenvalue weighted by Gasteiger charge is 2.46. The minimum absolute atomic E-state index is 0.0130. The molecule has 108 valence electrons. The van der Waals surface area contributed by atoms with Crippen LogP contribution in [-0.4, -0.2) is 40.3 Å². The van der Waals surface area contributed by atoms with Gasteiger partial charge in [-0.1, -0.05) is 12.2 Å². The van der Waals surface area contributed by atoms with Crippen molar-refractivity contribution in [3.8, 4) is 0 Å². The number of hydrogen-bond donors (Lipinski definition) is 1. The average Bonchev–Trinajstić information content (AvgIpc) is 2.83. The van der Waals surface area contributed by atoms with Gasteiger partial charge in [-0.15, -0.1) is 10.2 Å². The fraction of sp³-hybridized carbons (Fsp3) is 0.643. The molecule has 3 rings (SSSR count). The van der Waals surface area contributed by atoms with Gasteiger partial charge in [-0.25, -0.2) is 4.79 Å². The van der Waals surface area contributed by atoms with Gasteiger partial charge in [0.25, 0.3) is 0 Å². The number of hydrogen-bond acceptors (Lipinski definition) is 4. The number of amides is 2. The Hall–Kier alpha value is -1.85. The molecule has 2 amide bonds. The molecule has 1 aliphatic carbocycles. The van der Waals surface area contributed by atoms with E-state index in [0.717, 1.165) is 19.3 Å². The zero-order valence-corrected chi connectivity index (χ0v) is 11.9. The molecule has 0 aromatic carbocycles. The molecule has 1 unspecified atom stereocenters. The fourth-order valence-corrected chi connectivity index (χ4v) is 2.81. The summed E-state index contributed by atoms with van der Waals surface area (Å²) in [5, 5.41) is 11.0. The Balaban J connectivity index is 1.54. The quantitative estimate of drug-likeness (QED) is 0.836. The third-order valence-corrected chi connectivity index (χ3v) is 4.01. The monoisotopic (exact) mass is 276 g/mol. The van der Waals surface area contributed by atoms with Crippen molar-refractivity contribution in [3.05, 3.63) is 23.9 Å². The SMILES string of the molecule is Cc1nnc(C2(C)CN(C(=O)NC3CC=CCC3)C2)o1. The minimum Gasteiger partial charge on any atom is -0.425 e. The second-order valence-electron chi connectivity index (χ2n) is 5.97. The molecule has 0 saturated carbocycles. The predicted molar refractivity (Wildman–Crippen MR) is 73.3 cm³/mol. The van der Waals surface area contributed by atoms with E-state index in [1.54, 1.807) is 11.8 Å². The number of allylic oxidation sites excluding steroid dienone is 1. The second-order valence-corrected chi connectivity index (χ2v) is 5.97. The minimum atomic E-state index is -0.203. The van der Waals surface area contributed by atoms with Gasteiger partial charge in [0.05, 0.1) is 5.41 Å². The molecule has 2 heterocycles. The third-order valence-electron chi connectivity index (χ3n) is 4.01. The largest absolute Gasteiger partial charge is 0.425 e. The van der Waals surface area contributed by atoms with Gasteiger partial charge in [0.2, 0.25) is 11.8 Å². The number of aromatic nitrogens is 2. The average molecular weight is 276 g/mol. The number of urea groups is 1. The van der Waals surface area contributed by atoms with E-state index >= 15 is 0 Å². The van der Waals surface area contributed by atoms with Gasteiger partial charge >= 0.3 is 6.03 Å². The summed E-state index contributed by atoms with van der Waals surface area (Å²) in [4.78, 5) is 13.9. The van der Waals surface area contributed by atoms with Gasteiger partial charge in [-0.05, 0) is 26.2 Å². The molecular formula is C14H20N4O2. The van der Waals surface area contributed by atoms with Gasteiger partial charge in [-0.2, -0.15) is 0 Å². The van der Waals surface area contributed by atoms with Crippen molar-refractivity contribution in [1.82, 2.24) is 20.4 Å². The highest BCUT2D eigenvalue weighted by Crippen LogP contribution is 2.33. The van der Waals surface area contributed by atoms with Crippen molar-refractivity contribution in [2.24, 2.45) is 0 Å². The fourth-order valence-electron chi connectivity index (χ4n) is 2.81. The van der Waals surface area contributed by atoms with Crippen LogP contribution >= 0.6 is 0 Å². The summed E-state index contributed by atoms with van der Waals surface area (Å²) >= 11 is 0. The van der Waals surface area contributed by atoms with Crippen molar-refractivity contribution in [3.63, 3.8) is 0 Å². The summed E-state index contributed by atoms with van der Waals surface area (Å²) in [5.41, 5.74) is -0.203. The topological polar surface area (TPSA) is 71.3 Å². The summed E-state index contributed by atoms with van der Waals surface area (Å²) < 4.78 is 5.48. The highest BCUT2D eigenvalue weighted by molar-refractivity contribution is 5.76. The van der Waals surface area contributed by atoms with Crippen molar-refractivity contribution in [1.29, 1.82) is 0 Å². The molecule has 1 aliphatic heterocycles. The first kappa shape index (κ1) is 13.1. The molecule has 1 saturated heterocycles. The number of likely N-dealkylation sites (tertiary alicyclic amines) is 1. The molecule has 1 N–H and O–H groups in total. The lowest BCUT2D eigenvalue weighted by molar-refractivity contribution is 0.0821. The maximum Gasteiger partial charge on any atom is 0.317 e. The van der Waals surface area contributed by atoms with E-state index in [4.69, 9.17) is 4.42 Å². The first-order chi connectivity index (χ1) is 9.57. The Bertz CT molecular complexity index is 531. The van der Waals surface area contributed by atoms with Crippen LogP contribution in [0.2, 0.25) is 0 Å². The maximum absolute atomic E-state index is 12.1. The lowest BCUT2D eigenvalue weighted by Gasteiger charge is -2.45. The maximum atomic E-state index is 12.1. The van der Waals surface area contributed by atoms with Crippen molar-refractivity contribution >= 4 is 6.03 Å². The number of aryl methyl sites for hydroxylation is 1. The second kappa shape index (κ2) is 4.92.